The third kappa shape index (κ3) is 5.97. The average molecular weight is 547 g/mol. The number of anilines is 1. The fourth-order valence-electron chi connectivity index (χ4n) is 2.95. The van der Waals surface area contributed by atoms with Crippen LogP contribution in [-0.2, 0) is 18.9 Å². The van der Waals surface area contributed by atoms with Crippen molar-refractivity contribution >= 4 is 50.0 Å². The zero-order valence-corrected chi connectivity index (χ0v) is 21.1. The van der Waals surface area contributed by atoms with E-state index in [0.717, 1.165) is 25.4 Å². The molecule has 0 atom stereocenters. The molecule has 3 aromatic rings. The molecule has 0 aliphatic rings. The van der Waals surface area contributed by atoms with E-state index in [1.807, 2.05) is 6.92 Å². The molecule has 0 bridgehead atoms. The largest absolute Gasteiger partial charge is 0.494 e. The second-order valence-electron chi connectivity index (χ2n) is 7.09. The molecule has 1 aromatic heterocycles. The second-order valence-corrected chi connectivity index (χ2v) is 8.97. The smallest absolute Gasteiger partial charge is 0.333 e. The number of hydrogen-bond donors (Lipinski definition) is 2. The molecule has 0 aliphatic carbocycles. The number of benzene rings is 2. The molecule has 0 saturated carbocycles. The van der Waals surface area contributed by atoms with Crippen LogP contribution < -0.4 is 21.3 Å². The first-order valence-electron chi connectivity index (χ1n) is 10.2. The van der Waals surface area contributed by atoms with Gasteiger partial charge in [-0.1, -0.05) is 27.7 Å². The highest BCUT2D eigenvalue weighted by Gasteiger charge is 2.22. The zero-order valence-electron chi connectivity index (χ0n) is 18.7. The summed E-state index contributed by atoms with van der Waals surface area (Å²) in [5.41, 5.74) is -0.468. The Morgan fingerprint density at radius 3 is 2.35 bits per heavy atom. The Morgan fingerprint density at radius 1 is 1.09 bits per heavy atom. The molecule has 1 heterocycles. The number of amides is 1. The number of carbonyl (C=O) groups is 1. The Balaban J connectivity index is 1.96. The summed E-state index contributed by atoms with van der Waals surface area (Å²) >= 11 is 4.32. The molecule has 3 rings (SSSR count). The van der Waals surface area contributed by atoms with Gasteiger partial charge in [0.2, 0.25) is 11.8 Å². The summed E-state index contributed by atoms with van der Waals surface area (Å²) in [5.74, 6) is -0.283. The molecule has 178 valence electrons. The molecule has 1 amide bonds. The summed E-state index contributed by atoms with van der Waals surface area (Å²) in [7, 11) is 2.66. The summed E-state index contributed by atoms with van der Waals surface area (Å²) < 4.78 is 8.15. The minimum atomic E-state index is -0.717. The lowest BCUT2D eigenvalue weighted by atomic mass is 10.3. The SMILES string of the molecule is CCOc1ccc(N=C(SCC(=O)Nc2ccc(Br)cc2)c2c(O)n(C)c(=O)n(C)c2=O)cc1. The number of thioether (sulfide) groups is 1. The maximum atomic E-state index is 12.9. The fraction of sp³-hybridized carbons (Fsp3) is 0.217. The van der Waals surface area contributed by atoms with E-state index in [0.29, 0.717) is 23.7 Å². The van der Waals surface area contributed by atoms with Crippen LogP contribution in [0.15, 0.2) is 67.6 Å². The first-order valence-corrected chi connectivity index (χ1v) is 12.0. The van der Waals surface area contributed by atoms with Crippen molar-refractivity contribution in [3.8, 4) is 11.6 Å². The van der Waals surface area contributed by atoms with Gasteiger partial charge in [0.25, 0.3) is 5.56 Å². The number of aromatic nitrogens is 2. The average Bonchev–Trinajstić information content (AvgIpc) is 2.82. The van der Waals surface area contributed by atoms with Crippen LogP contribution in [0.5, 0.6) is 11.6 Å². The van der Waals surface area contributed by atoms with Crippen molar-refractivity contribution in [3.05, 3.63) is 79.4 Å². The number of aromatic hydroxyl groups is 1. The molecule has 0 fully saturated rings. The number of nitrogens with zero attached hydrogens (tertiary/aromatic N) is 3. The van der Waals surface area contributed by atoms with Crippen molar-refractivity contribution in [2.45, 2.75) is 6.92 Å². The molecular weight excluding hydrogens is 524 g/mol. The van der Waals surface area contributed by atoms with Gasteiger partial charge in [-0.3, -0.25) is 18.7 Å². The zero-order chi connectivity index (χ0) is 24.8. The normalized spacial score (nSPS) is 11.4. The minimum absolute atomic E-state index is 0.0860. The summed E-state index contributed by atoms with van der Waals surface area (Å²) in [6.45, 7) is 2.39. The quantitative estimate of drug-likeness (QED) is 0.346. The fourth-order valence-corrected chi connectivity index (χ4v) is 4.04. The van der Waals surface area contributed by atoms with Crippen LogP contribution in [0.3, 0.4) is 0 Å². The molecular formula is C23H23BrN4O5S. The Bertz CT molecular complexity index is 1330. The van der Waals surface area contributed by atoms with Crippen LogP contribution in [0.1, 0.15) is 12.5 Å². The third-order valence-electron chi connectivity index (χ3n) is 4.69. The highest BCUT2D eigenvalue weighted by atomic mass is 79.9. The summed E-state index contributed by atoms with van der Waals surface area (Å²) in [4.78, 5) is 42.1. The molecule has 0 radical (unpaired) electrons. The van der Waals surface area contributed by atoms with E-state index in [4.69, 9.17) is 4.74 Å². The Kier molecular flexibility index (Phi) is 8.35. The van der Waals surface area contributed by atoms with Crippen LogP contribution in [0.2, 0.25) is 0 Å². The van der Waals surface area contributed by atoms with Crippen LogP contribution in [-0.4, -0.2) is 37.6 Å². The Hall–Kier alpha value is -3.31. The van der Waals surface area contributed by atoms with Gasteiger partial charge in [0.05, 0.1) is 18.0 Å². The summed E-state index contributed by atoms with van der Waals surface area (Å²) in [5, 5.41) is 13.5. The molecule has 2 N–H and O–H groups in total. The lowest BCUT2D eigenvalue weighted by Crippen LogP contribution is -2.39. The monoisotopic (exact) mass is 546 g/mol. The van der Waals surface area contributed by atoms with Crippen LogP contribution in [0, 0.1) is 0 Å². The molecule has 0 unspecified atom stereocenters. The van der Waals surface area contributed by atoms with Crippen LogP contribution >= 0.6 is 27.7 Å². The van der Waals surface area contributed by atoms with Gasteiger partial charge in [-0.2, -0.15) is 0 Å². The topological polar surface area (TPSA) is 115 Å². The van der Waals surface area contributed by atoms with Crippen molar-refractivity contribution < 1.29 is 14.6 Å². The van der Waals surface area contributed by atoms with Crippen molar-refractivity contribution in [2.75, 3.05) is 17.7 Å². The standard InChI is InChI=1S/C23H23BrN4O5S/c1-4-33-17-11-9-16(10-12-17)26-20(19-21(30)27(2)23(32)28(3)22(19)31)34-13-18(29)25-15-7-5-14(24)6-8-15/h5-12,30H,4,13H2,1-3H3,(H,25,29). The second kappa shape index (κ2) is 11.2. The number of halogens is 1. The first kappa shape index (κ1) is 25.3. The molecule has 11 heteroatoms. The first-order chi connectivity index (χ1) is 16.2. The van der Waals surface area contributed by atoms with Crippen molar-refractivity contribution in [1.29, 1.82) is 0 Å². The number of hydrogen-bond acceptors (Lipinski definition) is 7. The molecule has 0 saturated heterocycles. The Morgan fingerprint density at radius 2 is 1.74 bits per heavy atom. The molecule has 9 nitrogen and oxygen atoms in total. The van der Waals surface area contributed by atoms with Gasteiger partial charge in [0.15, 0.2) is 0 Å². The number of aliphatic imine (C=N–C) groups is 1. The van der Waals surface area contributed by atoms with E-state index in [1.165, 1.54) is 14.1 Å². The molecule has 2 aromatic carbocycles. The minimum Gasteiger partial charge on any atom is -0.494 e. The molecule has 0 aliphatic heterocycles. The van der Waals surface area contributed by atoms with Crippen LogP contribution in [0.4, 0.5) is 11.4 Å². The Labute approximate surface area is 208 Å². The van der Waals surface area contributed by atoms with E-state index in [2.05, 4.69) is 26.2 Å². The van der Waals surface area contributed by atoms with Gasteiger partial charge < -0.3 is 15.2 Å². The number of rotatable bonds is 7. The highest BCUT2D eigenvalue weighted by Crippen LogP contribution is 2.25. The van der Waals surface area contributed by atoms with E-state index in [-0.39, 0.29) is 22.3 Å². The third-order valence-corrected chi connectivity index (χ3v) is 6.20. The summed E-state index contributed by atoms with van der Waals surface area (Å²) in [6.07, 6.45) is 0. The molecule has 0 spiro atoms. The maximum Gasteiger partial charge on any atom is 0.333 e. The van der Waals surface area contributed by atoms with E-state index < -0.39 is 17.1 Å². The van der Waals surface area contributed by atoms with Gasteiger partial charge in [0, 0.05) is 24.3 Å². The predicted octanol–water partition coefficient (Wildman–Crippen LogP) is 3.40. The number of nitrogens with one attached hydrogen (secondary N) is 1. The van der Waals surface area contributed by atoms with Crippen molar-refractivity contribution in [2.24, 2.45) is 19.1 Å². The van der Waals surface area contributed by atoms with Gasteiger partial charge in [-0.05, 0) is 55.5 Å². The van der Waals surface area contributed by atoms with Crippen molar-refractivity contribution in [3.63, 3.8) is 0 Å². The van der Waals surface area contributed by atoms with Gasteiger partial charge in [-0.15, -0.1) is 0 Å². The summed E-state index contributed by atoms with van der Waals surface area (Å²) in [6, 6.07) is 13.9. The lowest BCUT2D eigenvalue weighted by Gasteiger charge is -2.13. The van der Waals surface area contributed by atoms with Gasteiger partial charge in [-0.25, -0.2) is 9.79 Å². The van der Waals surface area contributed by atoms with Crippen molar-refractivity contribution in [1.82, 2.24) is 9.13 Å². The predicted molar refractivity (Wildman–Crippen MR) is 138 cm³/mol. The van der Waals surface area contributed by atoms with Gasteiger partial charge in [0.1, 0.15) is 16.4 Å². The maximum absolute atomic E-state index is 12.9. The van der Waals surface area contributed by atoms with E-state index >= 15 is 0 Å². The van der Waals surface area contributed by atoms with E-state index in [1.54, 1.807) is 48.5 Å². The number of carbonyl (C=O) groups excluding carboxylic acids is 1. The van der Waals surface area contributed by atoms with Gasteiger partial charge >= 0.3 is 5.69 Å². The van der Waals surface area contributed by atoms with E-state index in [9.17, 15) is 19.5 Å². The van der Waals surface area contributed by atoms with Crippen LogP contribution in [0.25, 0.3) is 0 Å². The lowest BCUT2D eigenvalue weighted by molar-refractivity contribution is -0.113. The highest BCUT2D eigenvalue weighted by molar-refractivity contribution is 9.10. The number of ether oxygens (including phenoxy) is 1. The molecule has 34 heavy (non-hydrogen) atoms.